The van der Waals surface area contributed by atoms with Gasteiger partial charge in [-0.05, 0) is 36.4 Å². The second-order valence-electron chi connectivity index (χ2n) is 7.60. The first-order valence-electron chi connectivity index (χ1n) is 10.1. The van der Waals surface area contributed by atoms with Crippen LogP contribution >= 0.6 is 11.6 Å². The third kappa shape index (κ3) is 3.68. The van der Waals surface area contributed by atoms with Crippen LogP contribution in [0.25, 0.3) is 11.3 Å². The van der Waals surface area contributed by atoms with Crippen LogP contribution in [0.4, 0.5) is 16.2 Å². The van der Waals surface area contributed by atoms with Gasteiger partial charge in [0.05, 0.1) is 46.7 Å². The molecule has 0 atom stereocenters. The van der Waals surface area contributed by atoms with Crippen LogP contribution in [0.15, 0.2) is 36.4 Å². The van der Waals surface area contributed by atoms with Gasteiger partial charge in [0.1, 0.15) is 5.69 Å². The van der Waals surface area contributed by atoms with Crippen LogP contribution in [0.5, 0.6) is 5.75 Å². The number of carbonyl (C=O) groups is 2. The molecule has 4 N–H and O–H groups in total. The van der Waals surface area contributed by atoms with Crippen molar-refractivity contribution < 1.29 is 14.3 Å². The van der Waals surface area contributed by atoms with Gasteiger partial charge in [-0.2, -0.15) is 10.4 Å². The zero-order valence-corrected chi connectivity index (χ0v) is 18.0. The summed E-state index contributed by atoms with van der Waals surface area (Å²) in [6.45, 7) is 1.27. The molecule has 33 heavy (non-hydrogen) atoms. The van der Waals surface area contributed by atoms with Gasteiger partial charge >= 0.3 is 6.03 Å². The largest absolute Gasteiger partial charge is 0.470 e. The molecule has 10 nitrogen and oxygen atoms in total. The van der Waals surface area contributed by atoms with Crippen LogP contribution < -0.4 is 21.1 Å². The smallest absolute Gasteiger partial charge is 0.322 e. The summed E-state index contributed by atoms with van der Waals surface area (Å²) in [5, 5.41) is 19.8. The van der Waals surface area contributed by atoms with E-state index in [0.29, 0.717) is 64.5 Å². The number of carbonyl (C=O) groups excluding carboxylic acids is 2. The van der Waals surface area contributed by atoms with Gasteiger partial charge in [0.15, 0.2) is 12.5 Å². The summed E-state index contributed by atoms with van der Waals surface area (Å²) in [6, 6.07) is 11.8. The molecule has 0 saturated heterocycles. The zero-order chi connectivity index (χ0) is 23.1. The normalized spacial score (nSPS) is 13.9. The van der Waals surface area contributed by atoms with Crippen molar-refractivity contribution in [3.8, 4) is 23.1 Å². The lowest BCUT2D eigenvalue weighted by atomic mass is 10.0. The molecule has 0 radical (unpaired) electrons. The summed E-state index contributed by atoms with van der Waals surface area (Å²) in [4.78, 5) is 26.8. The van der Waals surface area contributed by atoms with Gasteiger partial charge in [-0.3, -0.25) is 9.48 Å². The molecule has 11 heteroatoms. The quantitative estimate of drug-likeness (QED) is 0.545. The number of nitrogens with zero attached hydrogens (tertiary/aromatic N) is 4. The number of fused-ring (bicyclic) bond motifs is 2. The number of benzene rings is 2. The van der Waals surface area contributed by atoms with Gasteiger partial charge in [0.25, 0.3) is 5.91 Å². The van der Waals surface area contributed by atoms with E-state index in [1.54, 1.807) is 39.9 Å². The molecule has 0 spiro atoms. The van der Waals surface area contributed by atoms with Crippen molar-refractivity contribution in [3.05, 3.63) is 58.2 Å². The number of urea groups is 1. The Morgan fingerprint density at radius 2 is 2.03 bits per heavy atom. The first-order chi connectivity index (χ1) is 15.9. The van der Waals surface area contributed by atoms with Gasteiger partial charge in [0.2, 0.25) is 0 Å². The number of amides is 3. The van der Waals surface area contributed by atoms with E-state index in [-0.39, 0.29) is 18.1 Å². The van der Waals surface area contributed by atoms with E-state index >= 15 is 0 Å². The summed E-state index contributed by atoms with van der Waals surface area (Å²) in [5.74, 6) is -0.0860. The van der Waals surface area contributed by atoms with Crippen molar-refractivity contribution in [2.75, 3.05) is 23.9 Å². The van der Waals surface area contributed by atoms with E-state index < -0.39 is 5.91 Å². The van der Waals surface area contributed by atoms with Gasteiger partial charge in [-0.1, -0.05) is 11.6 Å². The van der Waals surface area contributed by atoms with Crippen LogP contribution in [-0.4, -0.2) is 39.9 Å². The number of ether oxygens (including phenoxy) is 1. The Bertz CT molecular complexity index is 1330. The fourth-order valence-corrected chi connectivity index (χ4v) is 4.25. The molecule has 2 aliphatic heterocycles. The maximum atomic E-state index is 12.8. The van der Waals surface area contributed by atoms with Gasteiger partial charge in [0, 0.05) is 17.8 Å². The third-order valence-corrected chi connectivity index (χ3v) is 5.86. The summed E-state index contributed by atoms with van der Waals surface area (Å²) >= 11 is 6.35. The SMILES string of the molecule is N#Cc1ccc(NC(=O)N2CCn3nc(-c4cc(Cl)c5c(c4)NCO5)c(C(N)=O)c3C2)cc1. The molecule has 166 valence electrons. The Labute approximate surface area is 193 Å². The highest BCUT2D eigenvalue weighted by Gasteiger charge is 2.30. The standard InChI is InChI=1S/C22H18ClN7O3/c23-15-7-13(8-16-20(15)33-11-26-16)19-18(21(25)31)17-10-29(5-6-30(17)28-19)22(32)27-14-3-1-12(9-24)2-4-14/h1-4,7-8,26H,5-6,10-11H2,(H2,25,31)(H,27,32). The van der Waals surface area contributed by atoms with Crippen molar-refractivity contribution >= 4 is 34.9 Å². The third-order valence-electron chi connectivity index (χ3n) is 5.58. The average molecular weight is 464 g/mol. The molecule has 0 aliphatic carbocycles. The van der Waals surface area contributed by atoms with Gasteiger partial charge < -0.3 is 26.0 Å². The molecule has 0 bridgehead atoms. The highest BCUT2D eigenvalue weighted by Crippen LogP contribution is 2.41. The predicted octanol–water partition coefficient (Wildman–Crippen LogP) is 2.98. The molecule has 2 aromatic carbocycles. The number of hydrogen-bond acceptors (Lipinski definition) is 6. The van der Waals surface area contributed by atoms with Crippen LogP contribution in [0.1, 0.15) is 21.6 Å². The summed E-state index contributed by atoms with van der Waals surface area (Å²) in [7, 11) is 0. The van der Waals surface area contributed by atoms with E-state index in [1.807, 2.05) is 12.1 Å². The van der Waals surface area contributed by atoms with Gasteiger partial charge in [-0.15, -0.1) is 0 Å². The van der Waals surface area contributed by atoms with Crippen LogP contribution in [-0.2, 0) is 13.1 Å². The lowest BCUT2D eigenvalue weighted by Crippen LogP contribution is -2.41. The van der Waals surface area contributed by atoms with Crippen molar-refractivity contribution in [2.24, 2.45) is 5.73 Å². The van der Waals surface area contributed by atoms with Gasteiger partial charge in [-0.25, -0.2) is 4.79 Å². The number of nitrogens with one attached hydrogen (secondary N) is 2. The monoisotopic (exact) mass is 463 g/mol. The molecule has 2 aliphatic rings. The first-order valence-corrected chi connectivity index (χ1v) is 10.5. The topological polar surface area (TPSA) is 138 Å². The fourth-order valence-electron chi connectivity index (χ4n) is 3.98. The number of hydrogen-bond donors (Lipinski definition) is 3. The van der Waals surface area contributed by atoms with Crippen molar-refractivity contribution in [1.29, 1.82) is 5.26 Å². The number of nitriles is 1. The number of primary amides is 1. The molecular weight excluding hydrogens is 446 g/mol. The zero-order valence-electron chi connectivity index (χ0n) is 17.3. The second kappa shape index (κ2) is 8.03. The lowest BCUT2D eigenvalue weighted by molar-refractivity contribution is 0.0997. The Morgan fingerprint density at radius 1 is 1.24 bits per heavy atom. The van der Waals surface area contributed by atoms with E-state index in [1.165, 1.54) is 0 Å². The Hall–Kier alpha value is -4.23. The number of nitrogens with two attached hydrogens (primary N) is 1. The Morgan fingerprint density at radius 3 is 2.76 bits per heavy atom. The van der Waals surface area contributed by atoms with Crippen LogP contribution in [0.3, 0.4) is 0 Å². The fraction of sp³-hybridized carbons (Fsp3) is 0.182. The van der Waals surface area contributed by atoms with Crippen molar-refractivity contribution in [2.45, 2.75) is 13.1 Å². The molecular formula is C22H18ClN7O3. The molecule has 1 aromatic heterocycles. The molecule has 0 saturated carbocycles. The summed E-state index contributed by atoms with van der Waals surface area (Å²) in [5.41, 5.74) is 9.35. The number of aromatic nitrogens is 2. The molecule has 3 amide bonds. The van der Waals surface area contributed by atoms with Crippen LogP contribution in [0.2, 0.25) is 5.02 Å². The number of rotatable bonds is 3. The first kappa shape index (κ1) is 20.7. The number of anilines is 2. The Balaban J connectivity index is 1.44. The minimum absolute atomic E-state index is 0.160. The number of halogens is 1. The Kier molecular flexibility index (Phi) is 5.03. The van der Waals surface area contributed by atoms with E-state index in [0.717, 1.165) is 0 Å². The maximum absolute atomic E-state index is 12.8. The second-order valence-corrected chi connectivity index (χ2v) is 8.01. The highest BCUT2D eigenvalue weighted by molar-refractivity contribution is 6.33. The predicted molar refractivity (Wildman–Crippen MR) is 121 cm³/mol. The minimum atomic E-state index is -0.638. The van der Waals surface area contributed by atoms with E-state index in [4.69, 9.17) is 27.3 Å². The highest BCUT2D eigenvalue weighted by atomic mass is 35.5. The molecule has 3 heterocycles. The molecule has 3 aromatic rings. The molecule has 5 rings (SSSR count). The molecule has 0 unspecified atom stereocenters. The molecule has 0 fully saturated rings. The summed E-state index contributed by atoms with van der Waals surface area (Å²) in [6.07, 6.45) is 0. The average Bonchev–Trinajstić information content (AvgIpc) is 3.44. The van der Waals surface area contributed by atoms with E-state index in [2.05, 4.69) is 15.7 Å². The van der Waals surface area contributed by atoms with Crippen LogP contribution in [0, 0.1) is 11.3 Å². The van der Waals surface area contributed by atoms with Crippen molar-refractivity contribution in [3.63, 3.8) is 0 Å². The van der Waals surface area contributed by atoms with E-state index in [9.17, 15) is 9.59 Å². The minimum Gasteiger partial charge on any atom is -0.470 e. The summed E-state index contributed by atoms with van der Waals surface area (Å²) < 4.78 is 7.15. The lowest BCUT2D eigenvalue weighted by Gasteiger charge is -2.28. The maximum Gasteiger partial charge on any atom is 0.322 e. The van der Waals surface area contributed by atoms with Crippen molar-refractivity contribution in [1.82, 2.24) is 14.7 Å².